The number of benzene rings is 2. The van der Waals surface area contributed by atoms with Crippen LogP contribution in [0.1, 0.15) is 24.8 Å². The van der Waals surface area contributed by atoms with Crippen molar-refractivity contribution >= 4 is 17.5 Å². The largest absolute Gasteiger partial charge is 0.494 e. The Morgan fingerprint density at radius 3 is 2.54 bits per heavy atom. The van der Waals surface area contributed by atoms with E-state index in [2.05, 4.69) is 10.6 Å². The molecule has 1 fully saturated rings. The number of hydrogen-bond acceptors (Lipinski definition) is 3. The van der Waals surface area contributed by atoms with Crippen LogP contribution in [0.15, 0.2) is 54.6 Å². The highest BCUT2D eigenvalue weighted by atomic mass is 16.5. The highest BCUT2D eigenvalue weighted by Gasteiger charge is 2.38. The Morgan fingerprint density at radius 1 is 1.17 bits per heavy atom. The van der Waals surface area contributed by atoms with Crippen LogP contribution in [-0.4, -0.2) is 24.5 Å². The molecule has 0 bridgehead atoms. The first-order chi connectivity index (χ1) is 11.7. The Kier molecular flexibility index (Phi) is 4.79. The number of nitrogens with one attached hydrogen (secondary N) is 2. The van der Waals surface area contributed by atoms with Crippen LogP contribution in [0.3, 0.4) is 0 Å². The highest BCUT2D eigenvalue weighted by molar-refractivity contribution is 6.00. The minimum atomic E-state index is -0.563. The number of amides is 2. The molecule has 5 nitrogen and oxygen atoms in total. The van der Waals surface area contributed by atoms with Crippen molar-refractivity contribution in [3.63, 3.8) is 0 Å². The molecule has 3 rings (SSSR count). The topological polar surface area (TPSA) is 67.4 Å². The van der Waals surface area contributed by atoms with Crippen LogP contribution in [0.4, 0.5) is 5.69 Å². The molecule has 24 heavy (non-hydrogen) atoms. The van der Waals surface area contributed by atoms with Crippen molar-refractivity contribution in [3.05, 3.63) is 60.2 Å². The Morgan fingerprint density at radius 2 is 1.88 bits per heavy atom. The SMILES string of the molecule is CCOc1ccc(NC(=O)C2NC(=O)CC2c2ccccc2)cc1. The van der Waals surface area contributed by atoms with Crippen molar-refractivity contribution in [1.29, 1.82) is 0 Å². The van der Waals surface area contributed by atoms with E-state index >= 15 is 0 Å². The Balaban J connectivity index is 1.72. The summed E-state index contributed by atoms with van der Waals surface area (Å²) in [5.41, 5.74) is 1.67. The fraction of sp³-hybridized carbons (Fsp3) is 0.263. The molecular formula is C19H20N2O3. The van der Waals surface area contributed by atoms with Crippen LogP contribution < -0.4 is 15.4 Å². The van der Waals surface area contributed by atoms with E-state index in [0.717, 1.165) is 11.3 Å². The molecule has 0 aromatic heterocycles. The van der Waals surface area contributed by atoms with Gasteiger partial charge in [-0.3, -0.25) is 9.59 Å². The molecule has 2 amide bonds. The average Bonchev–Trinajstić information content (AvgIpc) is 3.00. The van der Waals surface area contributed by atoms with Crippen LogP contribution >= 0.6 is 0 Å². The van der Waals surface area contributed by atoms with Gasteiger partial charge < -0.3 is 15.4 Å². The summed E-state index contributed by atoms with van der Waals surface area (Å²) in [6.07, 6.45) is 0.325. The van der Waals surface area contributed by atoms with E-state index < -0.39 is 6.04 Å². The van der Waals surface area contributed by atoms with Gasteiger partial charge in [-0.15, -0.1) is 0 Å². The van der Waals surface area contributed by atoms with E-state index in [4.69, 9.17) is 4.74 Å². The molecule has 2 N–H and O–H groups in total. The Labute approximate surface area is 141 Å². The molecule has 1 aliphatic heterocycles. The zero-order valence-corrected chi connectivity index (χ0v) is 13.5. The van der Waals surface area contributed by atoms with Gasteiger partial charge in [0.1, 0.15) is 11.8 Å². The molecule has 2 atom stereocenters. The molecule has 124 valence electrons. The summed E-state index contributed by atoms with van der Waals surface area (Å²) < 4.78 is 5.38. The van der Waals surface area contributed by atoms with E-state index in [0.29, 0.717) is 18.7 Å². The minimum Gasteiger partial charge on any atom is -0.494 e. The second-order valence-corrected chi connectivity index (χ2v) is 5.71. The molecule has 2 unspecified atom stereocenters. The molecule has 1 heterocycles. The first-order valence-electron chi connectivity index (χ1n) is 8.05. The standard InChI is InChI=1S/C19H20N2O3/c1-2-24-15-10-8-14(9-11-15)20-19(23)18-16(12-17(22)21-18)13-6-4-3-5-7-13/h3-11,16,18H,2,12H2,1H3,(H,20,23)(H,21,22). The normalized spacial score (nSPS) is 19.6. The molecule has 0 radical (unpaired) electrons. The van der Waals surface area contributed by atoms with Crippen LogP contribution in [0.5, 0.6) is 5.75 Å². The van der Waals surface area contributed by atoms with Crippen LogP contribution in [0.25, 0.3) is 0 Å². The van der Waals surface area contributed by atoms with Crippen LogP contribution in [0, 0.1) is 0 Å². The van der Waals surface area contributed by atoms with Crippen molar-refractivity contribution in [2.45, 2.75) is 25.3 Å². The Hall–Kier alpha value is -2.82. The lowest BCUT2D eigenvalue weighted by Gasteiger charge is -2.19. The maximum absolute atomic E-state index is 12.6. The van der Waals surface area contributed by atoms with Gasteiger partial charge in [0, 0.05) is 18.0 Å². The van der Waals surface area contributed by atoms with Crippen molar-refractivity contribution in [3.8, 4) is 5.75 Å². The quantitative estimate of drug-likeness (QED) is 0.888. The Bertz CT molecular complexity index is 713. The smallest absolute Gasteiger partial charge is 0.247 e. The van der Waals surface area contributed by atoms with Crippen molar-refractivity contribution in [2.75, 3.05) is 11.9 Å². The van der Waals surface area contributed by atoms with Gasteiger partial charge in [-0.25, -0.2) is 0 Å². The molecule has 1 aliphatic rings. The fourth-order valence-corrected chi connectivity index (χ4v) is 2.93. The lowest BCUT2D eigenvalue weighted by atomic mass is 9.91. The van der Waals surface area contributed by atoms with Crippen molar-refractivity contribution < 1.29 is 14.3 Å². The van der Waals surface area contributed by atoms with Crippen molar-refractivity contribution in [2.24, 2.45) is 0 Å². The molecule has 0 spiro atoms. The predicted octanol–water partition coefficient (Wildman–Crippen LogP) is 2.70. The summed E-state index contributed by atoms with van der Waals surface area (Å²) in [5.74, 6) is 0.294. The summed E-state index contributed by atoms with van der Waals surface area (Å²) in [6, 6.07) is 16.3. The van der Waals surface area contributed by atoms with Gasteiger partial charge in [0.25, 0.3) is 0 Å². The van der Waals surface area contributed by atoms with Crippen molar-refractivity contribution in [1.82, 2.24) is 5.32 Å². The predicted molar refractivity (Wildman–Crippen MR) is 92.0 cm³/mol. The van der Waals surface area contributed by atoms with Gasteiger partial charge in [-0.1, -0.05) is 30.3 Å². The molecular weight excluding hydrogens is 304 g/mol. The number of anilines is 1. The number of carbonyl (C=O) groups is 2. The van der Waals surface area contributed by atoms with E-state index in [1.165, 1.54) is 0 Å². The average molecular weight is 324 g/mol. The first-order valence-corrected chi connectivity index (χ1v) is 8.05. The fourth-order valence-electron chi connectivity index (χ4n) is 2.93. The molecule has 2 aromatic carbocycles. The van der Waals surface area contributed by atoms with Gasteiger partial charge in [-0.05, 0) is 36.8 Å². The maximum atomic E-state index is 12.6. The van der Waals surface area contributed by atoms with Crippen LogP contribution in [-0.2, 0) is 9.59 Å². The zero-order valence-electron chi connectivity index (χ0n) is 13.5. The van der Waals surface area contributed by atoms with Gasteiger partial charge >= 0.3 is 0 Å². The summed E-state index contributed by atoms with van der Waals surface area (Å²) in [6.45, 7) is 2.51. The third kappa shape index (κ3) is 3.56. The number of rotatable bonds is 5. The van der Waals surface area contributed by atoms with E-state index in [9.17, 15) is 9.59 Å². The third-order valence-corrected chi connectivity index (χ3v) is 4.07. The molecule has 5 heteroatoms. The van der Waals surface area contributed by atoms with E-state index in [-0.39, 0.29) is 17.7 Å². The molecule has 0 aliphatic carbocycles. The zero-order chi connectivity index (χ0) is 16.9. The first kappa shape index (κ1) is 16.1. The van der Waals surface area contributed by atoms with Crippen LogP contribution in [0.2, 0.25) is 0 Å². The number of ether oxygens (including phenoxy) is 1. The molecule has 2 aromatic rings. The summed E-state index contributed by atoms with van der Waals surface area (Å²) >= 11 is 0. The summed E-state index contributed by atoms with van der Waals surface area (Å²) in [7, 11) is 0. The maximum Gasteiger partial charge on any atom is 0.247 e. The monoisotopic (exact) mass is 324 g/mol. The molecule has 0 saturated carbocycles. The minimum absolute atomic E-state index is 0.101. The summed E-state index contributed by atoms with van der Waals surface area (Å²) in [5, 5.41) is 5.64. The van der Waals surface area contributed by atoms with Gasteiger partial charge in [0.05, 0.1) is 6.61 Å². The van der Waals surface area contributed by atoms with E-state index in [1.807, 2.05) is 37.3 Å². The van der Waals surface area contributed by atoms with Gasteiger partial charge in [0.15, 0.2) is 0 Å². The van der Waals surface area contributed by atoms with Gasteiger partial charge in [0.2, 0.25) is 11.8 Å². The second kappa shape index (κ2) is 7.17. The highest BCUT2D eigenvalue weighted by Crippen LogP contribution is 2.29. The lowest BCUT2D eigenvalue weighted by Crippen LogP contribution is -2.40. The lowest BCUT2D eigenvalue weighted by molar-refractivity contribution is -0.122. The number of carbonyl (C=O) groups excluding carboxylic acids is 2. The second-order valence-electron chi connectivity index (χ2n) is 5.71. The van der Waals surface area contributed by atoms with Gasteiger partial charge in [-0.2, -0.15) is 0 Å². The number of hydrogen-bond donors (Lipinski definition) is 2. The van der Waals surface area contributed by atoms with E-state index in [1.54, 1.807) is 24.3 Å². The summed E-state index contributed by atoms with van der Waals surface area (Å²) in [4.78, 5) is 24.4. The third-order valence-electron chi connectivity index (χ3n) is 4.07. The molecule has 1 saturated heterocycles.